The van der Waals surface area contributed by atoms with Crippen molar-refractivity contribution in [1.82, 2.24) is 15.5 Å². The van der Waals surface area contributed by atoms with Gasteiger partial charge in [-0.15, -0.1) is 0 Å². The number of aromatic nitrogens is 2. The highest BCUT2D eigenvalue weighted by molar-refractivity contribution is 5.60. The van der Waals surface area contributed by atoms with Gasteiger partial charge in [-0.3, -0.25) is 0 Å². The van der Waals surface area contributed by atoms with Gasteiger partial charge in [-0.25, -0.2) is 0 Å². The Balaban J connectivity index is 2.33. The van der Waals surface area contributed by atoms with Crippen LogP contribution in [0.15, 0.2) is 28.8 Å². The van der Waals surface area contributed by atoms with Crippen molar-refractivity contribution in [3.05, 3.63) is 35.7 Å². The Morgan fingerprint density at radius 1 is 1.30 bits per heavy atom. The van der Waals surface area contributed by atoms with Crippen molar-refractivity contribution in [2.24, 2.45) is 0 Å². The molecule has 1 aromatic heterocycles. The maximum Gasteiger partial charge on any atom is 0.417 e. The second-order valence-electron chi connectivity index (χ2n) is 4.45. The van der Waals surface area contributed by atoms with E-state index in [1.807, 2.05) is 6.92 Å². The molecule has 7 heteroatoms. The maximum absolute atomic E-state index is 12.9. The summed E-state index contributed by atoms with van der Waals surface area (Å²) < 4.78 is 43.7. The molecule has 0 saturated heterocycles. The first kappa shape index (κ1) is 14.5. The molecule has 108 valence electrons. The topological polar surface area (TPSA) is 51.0 Å². The van der Waals surface area contributed by atoms with Crippen molar-refractivity contribution in [3.63, 3.8) is 0 Å². The minimum Gasteiger partial charge on any atom is -0.339 e. The summed E-state index contributed by atoms with van der Waals surface area (Å²) in [5.41, 5.74) is -0.846. The summed E-state index contributed by atoms with van der Waals surface area (Å²) >= 11 is 0. The summed E-state index contributed by atoms with van der Waals surface area (Å²) in [6.45, 7) is 1.91. The fraction of sp³-hybridized carbons (Fsp3) is 0.385. The molecule has 0 amide bonds. The zero-order valence-corrected chi connectivity index (χ0v) is 11.0. The smallest absolute Gasteiger partial charge is 0.339 e. The zero-order valence-electron chi connectivity index (χ0n) is 11.0. The Kier molecular flexibility index (Phi) is 4.08. The highest BCUT2D eigenvalue weighted by Crippen LogP contribution is 2.35. The monoisotopic (exact) mass is 285 g/mol. The number of alkyl halides is 3. The van der Waals surface area contributed by atoms with Gasteiger partial charge in [-0.1, -0.05) is 23.4 Å². The van der Waals surface area contributed by atoms with E-state index in [0.29, 0.717) is 12.3 Å². The highest BCUT2D eigenvalue weighted by Gasteiger charge is 2.34. The highest BCUT2D eigenvalue weighted by atomic mass is 19.4. The summed E-state index contributed by atoms with van der Waals surface area (Å²) in [5.74, 6) is 0.259. The molecule has 0 radical (unpaired) electrons. The number of rotatable bonds is 4. The fourth-order valence-corrected chi connectivity index (χ4v) is 1.74. The number of likely N-dealkylation sites (N-methyl/N-ethyl adjacent to an activating group) is 1. The SMILES string of the molecule is CNC(C)Cc1nc(-c2ccccc2C(F)(F)F)no1. The predicted octanol–water partition coefficient (Wildman–Crippen LogP) is 2.91. The van der Waals surface area contributed by atoms with Crippen LogP contribution in [0.5, 0.6) is 0 Å². The van der Waals surface area contributed by atoms with Crippen LogP contribution in [0.1, 0.15) is 18.4 Å². The van der Waals surface area contributed by atoms with Gasteiger partial charge >= 0.3 is 6.18 Å². The van der Waals surface area contributed by atoms with Crippen molar-refractivity contribution >= 4 is 0 Å². The van der Waals surface area contributed by atoms with Gasteiger partial charge in [-0.05, 0) is 20.0 Å². The molecule has 2 aromatic rings. The van der Waals surface area contributed by atoms with E-state index < -0.39 is 11.7 Å². The zero-order chi connectivity index (χ0) is 14.8. The van der Waals surface area contributed by atoms with E-state index in [0.717, 1.165) is 6.07 Å². The lowest BCUT2D eigenvalue weighted by molar-refractivity contribution is -0.137. The summed E-state index contributed by atoms with van der Waals surface area (Å²) in [6.07, 6.45) is -3.99. The van der Waals surface area contributed by atoms with Gasteiger partial charge in [0.2, 0.25) is 11.7 Å². The van der Waals surface area contributed by atoms with Crippen LogP contribution in [0, 0.1) is 0 Å². The first-order chi connectivity index (χ1) is 9.41. The van der Waals surface area contributed by atoms with Crippen molar-refractivity contribution in [3.8, 4) is 11.4 Å². The average Bonchev–Trinajstić information content (AvgIpc) is 2.86. The molecule has 1 atom stereocenters. The molecular weight excluding hydrogens is 271 g/mol. The van der Waals surface area contributed by atoms with Gasteiger partial charge in [0, 0.05) is 18.0 Å². The average molecular weight is 285 g/mol. The number of hydrogen-bond acceptors (Lipinski definition) is 4. The Hall–Kier alpha value is -1.89. The van der Waals surface area contributed by atoms with Crippen molar-refractivity contribution in [1.29, 1.82) is 0 Å². The molecule has 1 aromatic carbocycles. The lowest BCUT2D eigenvalue weighted by Gasteiger charge is -2.09. The number of hydrogen-bond donors (Lipinski definition) is 1. The maximum atomic E-state index is 12.9. The van der Waals surface area contributed by atoms with Crippen LogP contribution in [0.3, 0.4) is 0 Å². The van der Waals surface area contributed by atoms with E-state index in [4.69, 9.17) is 4.52 Å². The van der Waals surface area contributed by atoms with E-state index in [-0.39, 0.29) is 17.4 Å². The lowest BCUT2D eigenvalue weighted by atomic mass is 10.1. The van der Waals surface area contributed by atoms with Gasteiger partial charge in [0.25, 0.3) is 0 Å². The normalized spacial score (nSPS) is 13.4. The molecule has 2 rings (SSSR count). The molecule has 0 saturated carbocycles. The van der Waals surface area contributed by atoms with Crippen molar-refractivity contribution in [2.75, 3.05) is 7.05 Å². The molecule has 1 N–H and O–H groups in total. The van der Waals surface area contributed by atoms with Crippen LogP contribution in [0.25, 0.3) is 11.4 Å². The van der Waals surface area contributed by atoms with Crippen molar-refractivity contribution in [2.45, 2.75) is 25.6 Å². The fourth-order valence-electron chi connectivity index (χ4n) is 1.74. The van der Waals surface area contributed by atoms with E-state index in [1.165, 1.54) is 18.2 Å². The van der Waals surface area contributed by atoms with Crippen LogP contribution < -0.4 is 5.32 Å². The molecule has 0 aliphatic heterocycles. The first-order valence-corrected chi connectivity index (χ1v) is 6.08. The summed E-state index contributed by atoms with van der Waals surface area (Å²) in [4.78, 5) is 4.02. The Bertz CT molecular complexity index is 580. The lowest BCUT2D eigenvalue weighted by Crippen LogP contribution is -2.23. The van der Waals surface area contributed by atoms with Crippen LogP contribution in [-0.2, 0) is 12.6 Å². The van der Waals surface area contributed by atoms with E-state index >= 15 is 0 Å². The third-order valence-electron chi connectivity index (χ3n) is 2.92. The van der Waals surface area contributed by atoms with Gasteiger partial charge in [-0.2, -0.15) is 18.2 Å². The third kappa shape index (κ3) is 3.16. The molecule has 0 aliphatic rings. The molecule has 1 heterocycles. The molecule has 0 fully saturated rings. The molecular formula is C13H14F3N3O. The molecule has 4 nitrogen and oxygen atoms in total. The van der Waals surface area contributed by atoms with Gasteiger partial charge in [0.05, 0.1) is 5.56 Å². The number of benzene rings is 1. The standard InChI is InChI=1S/C13H14F3N3O/c1-8(17-2)7-11-18-12(19-20-11)9-5-3-4-6-10(9)13(14,15)16/h3-6,8,17H,7H2,1-2H3. The Morgan fingerprint density at radius 2 is 2.00 bits per heavy atom. The second kappa shape index (κ2) is 5.62. The first-order valence-electron chi connectivity index (χ1n) is 6.08. The van der Waals surface area contributed by atoms with E-state index in [9.17, 15) is 13.2 Å². The molecule has 0 spiro atoms. The second-order valence-corrected chi connectivity index (χ2v) is 4.45. The van der Waals surface area contributed by atoms with E-state index in [2.05, 4.69) is 15.5 Å². The summed E-state index contributed by atoms with van der Waals surface area (Å²) in [7, 11) is 1.78. The molecule has 20 heavy (non-hydrogen) atoms. The minimum absolute atomic E-state index is 0.0452. The van der Waals surface area contributed by atoms with Crippen LogP contribution >= 0.6 is 0 Å². The van der Waals surface area contributed by atoms with Crippen molar-refractivity contribution < 1.29 is 17.7 Å². The van der Waals surface area contributed by atoms with Crippen LogP contribution in [0.2, 0.25) is 0 Å². The third-order valence-corrected chi connectivity index (χ3v) is 2.92. The van der Waals surface area contributed by atoms with Gasteiger partial charge in [0.15, 0.2) is 0 Å². The molecule has 0 aliphatic carbocycles. The molecule has 0 bridgehead atoms. The van der Waals surface area contributed by atoms with Crippen LogP contribution in [-0.4, -0.2) is 23.2 Å². The number of halogens is 3. The number of nitrogens with one attached hydrogen (secondary N) is 1. The molecule has 1 unspecified atom stereocenters. The minimum atomic E-state index is -4.45. The van der Waals surface area contributed by atoms with E-state index in [1.54, 1.807) is 7.05 Å². The number of nitrogens with zero attached hydrogens (tertiary/aromatic N) is 2. The summed E-state index contributed by atoms with van der Waals surface area (Å²) in [5, 5.41) is 6.62. The Morgan fingerprint density at radius 3 is 2.65 bits per heavy atom. The van der Waals surface area contributed by atoms with Crippen LogP contribution in [0.4, 0.5) is 13.2 Å². The van der Waals surface area contributed by atoms with Gasteiger partial charge in [0.1, 0.15) is 0 Å². The predicted molar refractivity (Wildman–Crippen MR) is 67.0 cm³/mol. The Labute approximate surface area is 114 Å². The van der Waals surface area contributed by atoms with Gasteiger partial charge < -0.3 is 9.84 Å². The largest absolute Gasteiger partial charge is 0.417 e. The quantitative estimate of drug-likeness (QED) is 0.938. The summed E-state index contributed by atoms with van der Waals surface area (Å²) in [6, 6.07) is 5.27.